The van der Waals surface area contributed by atoms with Gasteiger partial charge >= 0.3 is 0 Å². The van der Waals surface area contributed by atoms with Gasteiger partial charge in [0.2, 0.25) is 0 Å². The molecule has 126 valence electrons. The van der Waals surface area contributed by atoms with Crippen LogP contribution >= 0.6 is 0 Å². The molecule has 1 atom stereocenters. The first kappa shape index (κ1) is 19.1. The molecule has 3 nitrogen and oxygen atoms in total. The van der Waals surface area contributed by atoms with Crippen LogP contribution in [0.5, 0.6) is 0 Å². The van der Waals surface area contributed by atoms with Crippen molar-refractivity contribution in [1.29, 1.82) is 0 Å². The van der Waals surface area contributed by atoms with Gasteiger partial charge in [-0.2, -0.15) is 0 Å². The summed E-state index contributed by atoms with van der Waals surface area (Å²) in [6, 6.07) is 6.59. The molecule has 0 spiro atoms. The Hall–Kier alpha value is -0.970. The van der Waals surface area contributed by atoms with Crippen molar-refractivity contribution in [2.24, 2.45) is 0 Å². The standard InChI is InChI=1S/C18H30FNO2/c1-3-5-11-20(12-6-4-2)13-17(21)15-22-14-16-9-7-8-10-18(16)19/h7-10,17,21H,3-6,11-15H2,1-2H3/p+1/t17-/m0/s1. The zero-order valence-electron chi connectivity index (χ0n) is 14.0. The van der Waals surface area contributed by atoms with Gasteiger partial charge < -0.3 is 14.7 Å². The summed E-state index contributed by atoms with van der Waals surface area (Å²) in [6.07, 6.45) is 4.23. The summed E-state index contributed by atoms with van der Waals surface area (Å²) in [6.45, 7) is 7.74. The molecule has 0 fully saturated rings. The highest BCUT2D eigenvalue weighted by atomic mass is 19.1. The van der Waals surface area contributed by atoms with Crippen molar-refractivity contribution in [3.8, 4) is 0 Å². The second-order valence-electron chi connectivity index (χ2n) is 5.92. The van der Waals surface area contributed by atoms with E-state index in [1.165, 1.54) is 36.6 Å². The Kier molecular flexibility index (Phi) is 10.0. The van der Waals surface area contributed by atoms with Crippen LogP contribution in [0.1, 0.15) is 45.1 Å². The maximum atomic E-state index is 13.5. The Morgan fingerprint density at radius 1 is 1.14 bits per heavy atom. The molecule has 0 heterocycles. The quantitative estimate of drug-likeness (QED) is 0.620. The summed E-state index contributed by atoms with van der Waals surface area (Å²) in [4.78, 5) is 1.44. The SMILES string of the molecule is CCCC[NH+](CCCC)C[C@H](O)COCc1ccccc1F. The first-order valence-electron chi connectivity index (χ1n) is 8.50. The number of rotatable bonds is 12. The molecule has 0 aliphatic carbocycles. The number of benzene rings is 1. The van der Waals surface area contributed by atoms with Crippen molar-refractivity contribution in [2.75, 3.05) is 26.2 Å². The summed E-state index contributed by atoms with van der Waals surface area (Å²) in [5.41, 5.74) is 0.538. The molecule has 0 saturated carbocycles. The summed E-state index contributed by atoms with van der Waals surface area (Å²) < 4.78 is 18.9. The van der Waals surface area contributed by atoms with Gasteiger partial charge in [-0.05, 0) is 18.9 Å². The van der Waals surface area contributed by atoms with E-state index in [9.17, 15) is 9.50 Å². The van der Waals surface area contributed by atoms with E-state index >= 15 is 0 Å². The monoisotopic (exact) mass is 312 g/mol. The van der Waals surface area contributed by atoms with Gasteiger partial charge in [-0.1, -0.05) is 44.9 Å². The van der Waals surface area contributed by atoms with Crippen LogP contribution in [0.2, 0.25) is 0 Å². The Morgan fingerprint density at radius 2 is 1.77 bits per heavy atom. The predicted molar refractivity (Wildman–Crippen MR) is 87.4 cm³/mol. The highest BCUT2D eigenvalue weighted by molar-refractivity contribution is 5.16. The van der Waals surface area contributed by atoms with Crippen molar-refractivity contribution in [2.45, 2.75) is 52.2 Å². The Labute approximate surface area is 134 Å². The maximum absolute atomic E-state index is 13.5. The molecule has 0 aliphatic rings. The average molecular weight is 312 g/mol. The van der Waals surface area contributed by atoms with Crippen LogP contribution in [0.15, 0.2) is 24.3 Å². The minimum absolute atomic E-state index is 0.211. The molecule has 4 heteroatoms. The highest BCUT2D eigenvalue weighted by Gasteiger charge is 2.15. The van der Waals surface area contributed by atoms with Gasteiger partial charge in [-0.25, -0.2) is 4.39 Å². The van der Waals surface area contributed by atoms with Gasteiger partial charge in [0.25, 0.3) is 0 Å². The zero-order valence-corrected chi connectivity index (χ0v) is 14.0. The summed E-state index contributed by atoms with van der Waals surface area (Å²) in [7, 11) is 0. The van der Waals surface area contributed by atoms with Crippen LogP contribution in [-0.2, 0) is 11.3 Å². The molecule has 0 radical (unpaired) electrons. The number of aliphatic hydroxyl groups excluding tert-OH is 1. The fourth-order valence-corrected chi connectivity index (χ4v) is 2.50. The van der Waals surface area contributed by atoms with Gasteiger partial charge in [-0.15, -0.1) is 0 Å². The van der Waals surface area contributed by atoms with Crippen LogP contribution in [0, 0.1) is 5.82 Å². The smallest absolute Gasteiger partial charge is 0.128 e. The Morgan fingerprint density at radius 3 is 2.36 bits per heavy atom. The van der Waals surface area contributed by atoms with Crippen LogP contribution in [0.4, 0.5) is 4.39 Å². The molecule has 2 N–H and O–H groups in total. The second kappa shape index (κ2) is 11.6. The van der Waals surface area contributed by atoms with E-state index in [4.69, 9.17) is 4.74 Å². The van der Waals surface area contributed by atoms with E-state index in [1.54, 1.807) is 18.2 Å². The third kappa shape index (κ3) is 7.87. The van der Waals surface area contributed by atoms with Crippen LogP contribution in [-0.4, -0.2) is 37.5 Å². The Bertz CT molecular complexity index is 392. The summed E-state index contributed by atoms with van der Waals surface area (Å²) in [5.74, 6) is -0.255. The lowest BCUT2D eigenvalue weighted by atomic mass is 10.2. The fraction of sp³-hybridized carbons (Fsp3) is 0.667. The molecule has 0 aliphatic heterocycles. The summed E-state index contributed by atoms with van der Waals surface area (Å²) in [5, 5.41) is 10.1. The number of hydrogen-bond donors (Lipinski definition) is 2. The van der Waals surface area contributed by atoms with E-state index in [0.717, 1.165) is 13.1 Å². The van der Waals surface area contributed by atoms with E-state index in [-0.39, 0.29) is 19.0 Å². The largest absolute Gasteiger partial charge is 0.385 e. The van der Waals surface area contributed by atoms with E-state index in [0.29, 0.717) is 12.1 Å². The number of ether oxygens (including phenoxy) is 1. The molecular weight excluding hydrogens is 281 g/mol. The molecular formula is C18H31FNO2+. The highest BCUT2D eigenvalue weighted by Crippen LogP contribution is 2.07. The maximum Gasteiger partial charge on any atom is 0.128 e. The topological polar surface area (TPSA) is 33.9 Å². The normalized spacial score (nSPS) is 12.8. The molecule has 0 unspecified atom stereocenters. The number of quaternary nitrogens is 1. The third-order valence-corrected chi connectivity index (χ3v) is 3.82. The van der Waals surface area contributed by atoms with Gasteiger partial charge in [-0.3, -0.25) is 0 Å². The lowest BCUT2D eigenvalue weighted by Gasteiger charge is -2.22. The number of nitrogens with one attached hydrogen (secondary N) is 1. The van der Waals surface area contributed by atoms with Crippen molar-refractivity contribution in [1.82, 2.24) is 0 Å². The number of aliphatic hydroxyl groups is 1. The minimum Gasteiger partial charge on any atom is -0.385 e. The van der Waals surface area contributed by atoms with Crippen molar-refractivity contribution < 1.29 is 19.1 Å². The molecule has 1 aromatic carbocycles. The van der Waals surface area contributed by atoms with E-state index < -0.39 is 6.10 Å². The van der Waals surface area contributed by atoms with Crippen LogP contribution in [0.3, 0.4) is 0 Å². The molecule has 1 rings (SSSR count). The van der Waals surface area contributed by atoms with Crippen molar-refractivity contribution in [3.05, 3.63) is 35.6 Å². The molecule has 22 heavy (non-hydrogen) atoms. The van der Waals surface area contributed by atoms with Gasteiger partial charge in [0.1, 0.15) is 18.5 Å². The zero-order chi connectivity index (χ0) is 16.2. The lowest BCUT2D eigenvalue weighted by Crippen LogP contribution is -3.13. The van der Waals surface area contributed by atoms with Gasteiger partial charge in [0.15, 0.2) is 0 Å². The number of halogens is 1. The van der Waals surface area contributed by atoms with Gasteiger partial charge in [0, 0.05) is 5.56 Å². The van der Waals surface area contributed by atoms with Crippen molar-refractivity contribution in [3.63, 3.8) is 0 Å². The molecule has 0 saturated heterocycles. The first-order chi connectivity index (χ1) is 10.7. The molecule has 0 amide bonds. The second-order valence-corrected chi connectivity index (χ2v) is 5.92. The number of unbranched alkanes of at least 4 members (excludes halogenated alkanes) is 2. The van der Waals surface area contributed by atoms with Gasteiger partial charge in [0.05, 0.1) is 26.3 Å². The molecule has 0 aromatic heterocycles. The Balaban J connectivity index is 2.30. The van der Waals surface area contributed by atoms with E-state index in [1.807, 2.05) is 0 Å². The van der Waals surface area contributed by atoms with E-state index in [2.05, 4.69) is 13.8 Å². The summed E-state index contributed by atoms with van der Waals surface area (Å²) >= 11 is 0. The van der Waals surface area contributed by atoms with Crippen LogP contribution in [0.25, 0.3) is 0 Å². The lowest BCUT2D eigenvalue weighted by molar-refractivity contribution is -0.903. The number of hydrogen-bond acceptors (Lipinski definition) is 2. The third-order valence-electron chi connectivity index (χ3n) is 3.82. The van der Waals surface area contributed by atoms with Crippen LogP contribution < -0.4 is 4.90 Å². The average Bonchev–Trinajstić information content (AvgIpc) is 2.52. The predicted octanol–water partition coefficient (Wildman–Crippen LogP) is 2.19. The molecule has 1 aromatic rings. The van der Waals surface area contributed by atoms with Crippen molar-refractivity contribution >= 4 is 0 Å². The first-order valence-corrected chi connectivity index (χ1v) is 8.50. The molecule has 0 bridgehead atoms. The fourth-order valence-electron chi connectivity index (χ4n) is 2.50. The minimum atomic E-state index is -0.490.